The highest BCUT2D eigenvalue weighted by atomic mass is 32.2. The Kier molecular flexibility index (Phi) is 5.90. The predicted molar refractivity (Wildman–Crippen MR) is 110 cm³/mol. The molecular weight excluding hydrogens is 384 g/mol. The first kappa shape index (κ1) is 18.8. The fraction of sp³-hybridized carbons (Fsp3) is 0.211. The van der Waals surface area contributed by atoms with Gasteiger partial charge in [-0.2, -0.15) is 0 Å². The van der Waals surface area contributed by atoms with Gasteiger partial charge in [-0.05, 0) is 55.9 Å². The molecule has 3 rings (SSSR count). The number of carbonyl (C=O) groups is 1. The summed E-state index contributed by atoms with van der Waals surface area (Å²) in [5.74, 6) is 1.46. The summed E-state index contributed by atoms with van der Waals surface area (Å²) >= 11 is 8.56. The van der Waals surface area contributed by atoms with Gasteiger partial charge < -0.3 is 4.74 Å². The molecule has 2 aromatic carbocycles. The van der Waals surface area contributed by atoms with Crippen LogP contribution in [0.4, 0.5) is 0 Å². The number of ketones is 1. The average Bonchev–Trinajstić information content (AvgIpc) is 3.00. The average molecular weight is 403 g/mol. The number of thioether (sulfide) groups is 1. The summed E-state index contributed by atoms with van der Waals surface area (Å²) in [5.41, 5.74) is 3.77. The number of carbonyl (C=O) groups excluding carboxylic acids is 1. The summed E-state index contributed by atoms with van der Waals surface area (Å²) in [5, 5.41) is 4.66. The first-order chi connectivity index (χ1) is 12.5. The topological polar surface area (TPSA) is 44.1 Å². The molecule has 0 aliphatic carbocycles. The van der Waals surface area contributed by atoms with Crippen LogP contribution >= 0.6 is 35.3 Å². The van der Waals surface area contributed by atoms with Crippen molar-refractivity contribution in [3.05, 3.63) is 63.1 Å². The third-order valence-electron chi connectivity index (χ3n) is 3.91. The van der Waals surface area contributed by atoms with Crippen LogP contribution in [0, 0.1) is 10.9 Å². The Morgan fingerprint density at radius 1 is 1.31 bits per heavy atom. The molecular formula is C19H18N2O2S3. The molecule has 0 spiro atoms. The van der Waals surface area contributed by atoms with E-state index in [1.807, 2.05) is 43.3 Å². The third-order valence-corrected chi connectivity index (χ3v) is 6.33. The maximum absolute atomic E-state index is 11.6. The molecule has 1 aromatic heterocycles. The van der Waals surface area contributed by atoms with E-state index >= 15 is 0 Å². The van der Waals surface area contributed by atoms with E-state index in [0.29, 0.717) is 15.3 Å². The Labute approximate surface area is 165 Å². The van der Waals surface area contributed by atoms with Crippen LogP contribution in [0.2, 0.25) is 0 Å². The SMILES string of the molecule is COc1ccc(C(C)=O)cc1CSc1nn(-c2ccccc2C)c(=S)s1. The van der Waals surface area contributed by atoms with Gasteiger partial charge in [-0.3, -0.25) is 4.79 Å². The zero-order chi connectivity index (χ0) is 18.7. The molecule has 0 aliphatic rings. The highest BCUT2D eigenvalue weighted by Crippen LogP contribution is 2.31. The first-order valence-corrected chi connectivity index (χ1v) is 10.2. The van der Waals surface area contributed by atoms with E-state index < -0.39 is 0 Å². The smallest absolute Gasteiger partial charge is 0.184 e. The van der Waals surface area contributed by atoms with E-state index in [2.05, 4.69) is 5.10 Å². The number of benzene rings is 2. The van der Waals surface area contributed by atoms with Gasteiger partial charge in [0.25, 0.3) is 0 Å². The van der Waals surface area contributed by atoms with E-state index in [1.165, 1.54) is 11.3 Å². The maximum Gasteiger partial charge on any atom is 0.184 e. The molecule has 1 heterocycles. The predicted octanol–water partition coefficient (Wildman–Crippen LogP) is 5.48. The molecule has 4 nitrogen and oxygen atoms in total. The quantitative estimate of drug-likeness (QED) is 0.310. The Balaban J connectivity index is 1.84. The van der Waals surface area contributed by atoms with Crippen molar-refractivity contribution in [3.8, 4) is 11.4 Å². The number of aryl methyl sites for hydroxylation is 1. The molecule has 3 aromatic rings. The molecule has 0 unspecified atom stereocenters. The van der Waals surface area contributed by atoms with E-state index in [-0.39, 0.29) is 5.78 Å². The van der Waals surface area contributed by atoms with Crippen LogP contribution in [0.1, 0.15) is 28.4 Å². The summed E-state index contributed by atoms with van der Waals surface area (Å²) in [4.78, 5) is 11.6. The van der Waals surface area contributed by atoms with Gasteiger partial charge in [-0.15, -0.1) is 5.10 Å². The van der Waals surface area contributed by atoms with Crippen LogP contribution < -0.4 is 4.74 Å². The minimum atomic E-state index is 0.0402. The van der Waals surface area contributed by atoms with Crippen LogP contribution in [0.3, 0.4) is 0 Å². The standard InChI is InChI=1S/C19H18N2O2S3/c1-12-6-4-5-7-16(12)21-19(24)26-18(20-21)25-11-15-10-14(13(2)22)8-9-17(15)23-3/h4-10H,11H2,1-3H3. The fourth-order valence-electron chi connectivity index (χ4n) is 2.52. The molecule has 0 saturated heterocycles. The zero-order valence-corrected chi connectivity index (χ0v) is 17.1. The number of rotatable bonds is 6. The number of ether oxygens (including phenoxy) is 1. The van der Waals surface area contributed by atoms with E-state index in [4.69, 9.17) is 17.0 Å². The summed E-state index contributed by atoms with van der Waals surface area (Å²) in [6.45, 7) is 3.61. The molecule has 0 radical (unpaired) electrons. The van der Waals surface area contributed by atoms with Crippen LogP contribution in [0.25, 0.3) is 5.69 Å². The van der Waals surface area contributed by atoms with Gasteiger partial charge in [0.2, 0.25) is 0 Å². The number of Topliss-reactive ketones (excluding diaryl/α,β-unsaturated/α-hetero) is 1. The lowest BCUT2D eigenvalue weighted by Crippen LogP contribution is -1.99. The van der Waals surface area contributed by atoms with Crippen molar-refractivity contribution in [3.63, 3.8) is 0 Å². The Hall–Kier alpha value is -1.96. The molecule has 134 valence electrons. The molecule has 0 aliphatic heterocycles. The van der Waals surface area contributed by atoms with Crippen LogP contribution in [-0.4, -0.2) is 22.7 Å². The van der Waals surface area contributed by atoms with Crippen LogP contribution in [-0.2, 0) is 5.75 Å². The molecule has 0 atom stereocenters. The normalized spacial score (nSPS) is 10.7. The van der Waals surface area contributed by atoms with Gasteiger partial charge in [-0.25, -0.2) is 4.68 Å². The maximum atomic E-state index is 11.6. The molecule has 0 saturated carbocycles. The second-order valence-electron chi connectivity index (χ2n) is 5.70. The largest absolute Gasteiger partial charge is 0.496 e. The second kappa shape index (κ2) is 8.16. The molecule has 0 amide bonds. The van der Waals surface area contributed by atoms with Crippen molar-refractivity contribution < 1.29 is 9.53 Å². The van der Waals surface area contributed by atoms with E-state index in [0.717, 1.165) is 26.9 Å². The summed E-state index contributed by atoms with van der Waals surface area (Å²) in [7, 11) is 1.63. The number of aromatic nitrogens is 2. The molecule has 26 heavy (non-hydrogen) atoms. The molecule has 0 bridgehead atoms. The van der Waals surface area contributed by atoms with Gasteiger partial charge >= 0.3 is 0 Å². The van der Waals surface area contributed by atoms with Crippen molar-refractivity contribution in [2.75, 3.05) is 7.11 Å². The fourth-order valence-corrected chi connectivity index (χ4v) is 4.85. The minimum absolute atomic E-state index is 0.0402. The number of hydrogen-bond donors (Lipinski definition) is 0. The van der Waals surface area contributed by atoms with Gasteiger partial charge in [0.1, 0.15) is 5.75 Å². The minimum Gasteiger partial charge on any atom is -0.496 e. The Bertz CT molecular complexity index is 1010. The van der Waals surface area contributed by atoms with Gasteiger partial charge in [-0.1, -0.05) is 41.3 Å². The van der Waals surface area contributed by atoms with Crippen LogP contribution in [0.15, 0.2) is 46.8 Å². The molecule has 0 N–H and O–H groups in total. The third kappa shape index (κ3) is 4.06. The summed E-state index contributed by atoms with van der Waals surface area (Å²) in [6, 6.07) is 13.5. The highest BCUT2D eigenvalue weighted by Gasteiger charge is 2.12. The summed E-state index contributed by atoms with van der Waals surface area (Å²) < 4.78 is 8.82. The molecule has 0 fully saturated rings. The number of hydrogen-bond acceptors (Lipinski definition) is 6. The van der Waals surface area contributed by atoms with Crippen molar-refractivity contribution in [1.29, 1.82) is 0 Å². The lowest BCUT2D eigenvalue weighted by atomic mass is 10.1. The monoisotopic (exact) mass is 402 g/mol. The van der Waals surface area contributed by atoms with Crippen molar-refractivity contribution in [2.45, 2.75) is 23.9 Å². The van der Waals surface area contributed by atoms with Gasteiger partial charge in [0.05, 0.1) is 12.8 Å². The van der Waals surface area contributed by atoms with Crippen molar-refractivity contribution in [1.82, 2.24) is 9.78 Å². The lowest BCUT2D eigenvalue weighted by Gasteiger charge is -2.09. The second-order valence-corrected chi connectivity index (χ2v) is 8.55. The lowest BCUT2D eigenvalue weighted by molar-refractivity contribution is 0.101. The Morgan fingerprint density at radius 2 is 2.08 bits per heavy atom. The number of nitrogens with zero attached hydrogens (tertiary/aromatic N) is 2. The number of methoxy groups -OCH3 is 1. The zero-order valence-electron chi connectivity index (χ0n) is 14.7. The van der Waals surface area contributed by atoms with E-state index in [9.17, 15) is 4.79 Å². The van der Waals surface area contributed by atoms with Gasteiger partial charge in [0.15, 0.2) is 14.1 Å². The molecule has 7 heteroatoms. The van der Waals surface area contributed by atoms with Crippen molar-refractivity contribution in [2.24, 2.45) is 0 Å². The highest BCUT2D eigenvalue weighted by molar-refractivity contribution is 8.00. The first-order valence-electron chi connectivity index (χ1n) is 7.96. The van der Waals surface area contributed by atoms with E-state index in [1.54, 1.807) is 36.5 Å². The Morgan fingerprint density at radius 3 is 2.77 bits per heavy atom. The summed E-state index contributed by atoms with van der Waals surface area (Å²) in [6.07, 6.45) is 0. The van der Waals surface area contributed by atoms with Crippen LogP contribution in [0.5, 0.6) is 5.75 Å². The van der Waals surface area contributed by atoms with Crippen molar-refractivity contribution >= 4 is 41.1 Å². The van der Waals surface area contributed by atoms with Gasteiger partial charge in [0, 0.05) is 16.9 Å². The number of para-hydroxylation sites is 1.